The number of rotatable bonds is 0. The molecule has 0 aliphatic carbocycles. The molecule has 6 aliphatic rings. The molecule has 0 bridgehead atoms. The number of hydrogen-bond acceptors (Lipinski definition) is 8. The van der Waals surface area contributed by atoms with Crippen molar-refractivity contribution in [3.05, 3.63) is 35.4 Å². The van der Waals surface area contributed by atoms with Gasteiger partial charge in [0.1, 0.15) is 0 Å². The van der Waals surface area contributed by atoms with Gasteiger partial charge in [-0.2, -0.15) is 0 Å². The fourth-order valence-electron chi connectivity index (χ4n) is 16.1. The van der Waals surface area contributed by atoms with Gasteiger partial charge < -0.3 is 5.11 Å². The number of thioether (sulfide) groups is 1. The number of benzene rings is 1. The van der Waals surface area contributed by atoms with Crippen LogP contribution in [0, 0.1) is 32.5 Å². The Morgan fingerprint density at radius 1 is 0.367 bits per heavy atom. The third-order valence-electron chi connectivity index (χ3n) is 20.6. The molecule has 5 saturated heterocycles. The van der Waals surface area contributed by atoms with E-state index >= 15 is 0 Å². The quantitative estimate of drug-likeness (QED) is 0.276. The average molecular weight is 1280 g/mol. The first kappa shape index (κ1) is 87.3. The average Bonchev–Trinajstić information content (AvgIpc) is 1.50. The predicted molar refractivity (Wildman–Crippen MR) is 408 cm³/mol. The molecule has 0 amide bonds. The molecule has 5 fully saturated rings. The Labute approximate surface area is 571 Å². The molecule has 1 aromatic rings. The number of nitrogens with zero attached hydrogens (tertiary/aromatic N) is 6. The molecular formula is C82H164N6OS. The van der Waals surface area contributed by atoms with Gasteiger partial charge in [-0.25, -0.2) is 0 Å². The second-order valence-electron chi connectivity index (χ2n) is 41.8. The van der Waals surface area contributed by atoms with Gasteiger partial charge in [0.15, 0.2) is 0 Å². The summed E-state index contributed by atoms with van der Waals surface area (Å²) in [6, 6.07) is 13.0. The highest BCUT2D eigenvalue weighted by atomic mass is 32.2. The van der Waals surface area contributed by atoms with Crippen LogP contribution in [0.2, 0.25) is 0 Å². The molecule has 0 spiro atoms. The molecule has 6 aliphatic heterocycles. The molecule has 1 aromatic carbocycles. The summed E-state index contributed by atoms with van der Waals surface area (Å²) >= 11 is 2.10. The first-order valence-corrected chi connectivity index (χ1v) is 37.4. The number of aliphatic hydroxyl groups excluding tert-OH is 1. The zero-order valence-corrected chi connectivity index (χ0v) is 68.2. The molecular weight excluding hydrogens is 1120 g/mol. The van der Waals surface area contributed by atoms with E-state index in [1.807, 2.05) is 0 Å². The van der Waals surface area contributed by atoms with Crippen LogP contribution in [0.4, 0.5) is 0 Å². The number of hydrogen-bond donors (Lipinski definition) is 1. The molecule has 0 saturated carbocycles. The highest BCUT2D eigenvalue weighted by Gasteiger charge is 2.51. The number of likely N-dealkylation sites (tertiary alicyclic amines) is 4. The zero-order chi connectivity index (χ0) is 69.7. The third kappa shape index (κ3) is 27.0. The molecule has 8 heteroatoms. The van der Waals surface area contributed by atoms with Crippen molar-refractivity contribution in [2.24, 2.45) is 32.5 Å². The largest absolute Gasteiger partial charge is 0.392 e. The molecule has 7 rings (SSSR count). The van der Waals surface area contributed by atoms with Crippen molar-refractivity contribution >= 4 is 11.8 Å². The smallest absolute Gasteiger partial charge is 0.0682 e. The highest BCUT2D eigenvalue weighted by molar-refractivity contribution is 8.00. The first-order valence-electron chi connectivity index (χ1n) is 36.5. The Bertz CT molecular complexity index is 1920. The Morgan fingerprint density at radius 3 is 0.911 bits per heavy atom. The van der Waals surface area contributed by atoms with E-state index in [-0.39, 0.29) is 35.6 Å². The summed E-state index contributed by atoms with van der Waals surface area (Å²) < 4.78 is 0.367. The summed E-state index contributed by atoms with van der Waals surface area (Å²) in [4.78, 5) is 15.9. The first-order chi connectivity index (χ1) is 39.5. The minimum Gasteiger partial charge on any atom is -0.392 e. The van der Waals surface area contributed by atoms with Gasteiger partial charge in [0.2, 0.25) is 0 Å². The van der Waals surface area contributed by atoms with Gasteiger partial charge in [-0.05, 0) is 253 Å². The van der Waals surface area contributed by atoms with E-state index in [4.69, 9.17) is 0 Å². The molecule has 7 unspecified atom stereocenters. The molecule has 1 N–H and O–H groups in total. The summed E-state index contributed by atoms with van der Waals surface area (Å²) in [5.74, 6) is 1.17. The molecule has 90 heavy (non-hydrogen) atoms. The summed E-state index contributed by atoms with van der Waals surface area (Å²) in [5.41, 5.74) is 6.90. The van der Waals surface area contributed by atoms with E-state index in [0.717, 1.165) is 37.6 Å². The van der Waals surface area contributed by atoms with Gasteiger partial charge in [-0.1, -0.05) is 176 Å². The van der Waals surface area contributed by atoms with E-state index < -0.39 is 0 Å². The molecule has 0 aromatic heterocycles. The normalized spacial score (nSPS) is 26.3. The van der Waals surface area contributed by atoms with E-state index in [1.54, 1.807) is 0 Å². The topological polar surface area (TPSA) is 39.7 Å². The maximum absolute atomic E-state index is 9.75. The fourth-order valence-corrected chi connectivity index (χ4v) is 17.8. The van der Waals surface area contributed by atoms with Gasteiger partial charge in [-0.15, -0.1) is 11.8 Å². The lowest BCUT2D eigenvalue weighted by molar-refractivity contribution is -0.00416. The second kappa shape index (κ2) is 32.3. The van der Waals surface area contributed by atoms with Crippen molar-refractivity contribution in [1.82, 2.24) is 29.4 Å². The van der Waals surface area contributed by atoms with Crippen molar-refractivity contribution in [1.29, 1.82) is 0 Å². The van der Waals surface area contributed by atoms with Crippen LogP contribution in [-0.2, 0) is 13.0 Å². The molecule has 534 valence electrons. The number of piperidine rings is 3. The predicted octanol–water partition coefficient (Wildman–Crippen LogP) is 22.2. The van der Waals surface area contributed by atoms with E-state index in [2.05, 4.69) is 329 Å². The van der Waals surface area contributed by atoms with Gasteiger partial charge >= 0.3 is 0 Å². The van der Waals surface area contributed by atoms with Crippen LogP contribution in [0.5, 0.6) is 0 Å². The third-order valence-corrected chi connectivity index (χ3v) is 21.9. The van der Waals surface area contributed by atoms with Crippen molar-refractivity contribution in [3.8, 4) is 0 Å². The summed E-state index contributed by atoms with van der Waals surface area (Å²) in [5, 5.41) is 9.75. The van der Waals surface area contributed by atoms with Gasteiger partial charge in [0, 0.05) is 93.2 Å². The highest BCUT2D eigenvalue weighted by Crippen LogP contribution is 2.50. The Morgan fingerprint density at radius 2 is 0.667 bits per heavy atom. The maximum Gasteiger partial charge on any atom is 0.0682 e. The number of aliphatic hydroxyl groups is 1. The SMILES string of the molecule is C.CC(C)(C)C1CC(O)CN1C(C)(C)C.CC(C)(C)C1CCCCN1C(C)(C)C.CC(C)(C)C1CCCCN1C(C)(C)C.CC(C)(C)C1CCCCN1C(C)(C)C.CC(C)(C)C1Cc2ccccc2CN1C(C)(C)C.CC(C)(C)C1N(C(C)(C)C)CSC1(C)C. The van der Waals surface area contributed by atoms with Gasteiger partial charge in [0.25, 0.3) is 0 Å². The van der Waals surface area contributed by atoms with Gasteiger partial charge in [-0.3, -0.25) is 29.4 Å². The van der Waals surface area contributed by atoms with E-state index in [9.17, 15) is 5.11 Å². The molecule has 0 radical (unpaired) electrons. The minimum absolute atomic E-state index is 0. The van der Waals surface area contributed by atoms with E-state index in [1.165, 1.54) is 101 Å². The van der Waals surface area contributed by atoms with Crippen LogP contribution in [0.3, 0.4) is 0 Å². The lowest BCUT2D eigenvalue weighted by Gasteiger charge is -2.50. The standard InChI is InChI=1S/C17H27N.C13H27NS.3C13H27N.C12H25NO.CH4/c1-16(2,3)15-11-13-9-7-8-10-14(13)12-18(15)17(4,5)6;1-11(2,3)10-13(7,8)15-9-14(10)12(4,5)6;3*1-12(2,3)11-9-7-8-10-14(11)13(4,5)6;1-11(2,3)10-7-9(14)8-13(10)12(4,5)6;/h7-10,15H,11-12H2,1-6H3;10H,9H2,1-8H3;3*11H,7-10H2,1-6H3;9-10,14H,7-8H2,1-6H3;1H4. The summed E-state index contributed by atoms with van der Waals surface area (Å²) in [6.45, 7) is 94.6. The van der Waals surface area contributed by atoms with Gasteiger partial charge in [0.05, 0.1) is 6.10 Å². The van der Waals surface area contributed by atoms with Crippen LogP contribution < -0.4 is 0 Å². The number of fused-ring (bicyclic) bond motifs is 1. The molecule has 7 atom stereocenters. The summed E-state index contributed by atoms with van der Waals surface area (Å²) in [6.07, 6.45) is 14.5. The minimum atomic E-state index is -0.140. The number of β-amino-alcohol motifs (C(OH)–C–C–N with tert-alkyl or cyclic N) is 1. The Kier molecular flexibility index (Phi) is 31.3. The monoisotopic (exact) mass is 1280 g/mol. The van der Waals surface area contributed by atoms with Crippen LogP contribution >= 0.6 is 11.8 Å². The molecule has 6 heterocycles. The van der Waals surface area contributed by atoms with Crippen LogP contribution in [0.1, 0.15) is 346 Å². The summed E-state index contributed by atoms with van der Waals surface area (Å²) in [7, 11) is 0. The zero-order valence-electron chi connectivity index (χ0n) is 67.4. The van der Waals surface area contributed by atoms with Crippen molar-refractivity contribution in [3.63, 3.8) is 0 Å². The maximum atomic E-state index is 9.75. The lowest BCUT2D eigenvalue weighted by atomic mass is 9.77. The fraction of sp³-hybridized carbons (Fsp3) is 0.927. The lowest BCUT2D eigenvalue weighted by Crippen LogP contribution is -2.55. The van der Waals surface area contributed by atoms with Crippen molar-refractivity contribution in [2.45, 2.75) is 428 Å². The van der Waals surface area contributed by atoms with E-state index in [0.29, 0.717) is 66.6 Å². The molecule has 7 nitrogen and oxygen atoms in total. The van der Waals surface area contributed by atoms with Crippen LogP contribution in [0.15, 0.2) is 24.3 Å². The Hall–Kier alpha value is -0.710. The van der Waals surface area contributed by atoms with Crippen LogP contribution in [0.25, 0.3) is 0 Å². The Balaban J connectivity index is 0.000000540. The van der Waals surface area contributed by atoms with Crippen molar-refractivity contribution in [2.75, 3.05) is 32.1 Å². The second-order valence-corrected chi connectivity index (χ2v) is 43.4. The van der Waals surface area contributed by atoms with Crippen LogP contribution in [-0.4, -0.2) is 147 Å². The van der Waals surface area contributed by atoms with Crippen molar-refractivity contribution < 1.29 is 5.11 Å².